The first-order chi connectivity index (χ1) is 8.44. The quantitative estimate of drug-likeness (QED) is 0.626. The summed E-state index contributed by atoms with van der Waals surface area (Å²) in [4.78, 5) is 11.7. The second kappa shape index (κ2) is 6.49. The fourth-order valence-corrected chi connectivity index (χ4v) is 3.37. The van der Waals surface area contributed by atoms with Crippen molar-refractivity contribution in [1.29, 1.82) is 0 Å². The lowest BCUT2D eigenvalue weighted by Crippen LogP contribution is -2.46. The fraction of sp³-hybridized carbons (Fsp3) is 0.909. The average Bonchev–Trinajstić information content (AvgIpc) is 3.10. The Hall–Kier alpha value is -0.660. The van der Waals surface area contributed by atoms with Crippen LogP contribution in [0, 0.1) is 5.92 Å². The Bertz CT molecular complexity index is 375. The number of nitrogens with zero attached hydrogens (tertiary/aromatic N) is 1. The van der Waals surface area contributed by atoms with Gasteiger partial charge < -0.3 is 11.1 Å². The maximum absolute atomic E-state index is 11.9. The summed E-state index contributed by atoms with van der Waals surface area (Å²) in [6.45, 7) is 4.64. The van der Waals surface area contributed by atoms with E-state index in [4.69, 9.17) is 5.73 Å². The Balaban J connectivity index is 2.52. The van der Waals surface area contributed by atoms with E-state index in [9.17, 15) is 13.2 Å². The first-order valence-electron chi connectivity index (χ1n) is 6.41. The zero-order valence-electron chi connectivity index (χ0n) is 11.1. The van der Waals surface area contributed by atoms with E-state index in [1.807, 2.05) is 0 Å². The van der Waals surface area contributed by atoms with Gasteiger partial charge in [0.05, 0.1) is 0 Å². The third-order valence-corrected chi connectivity index (χ3v) is 5.13. The van der Waals surface area contributed by atoms with Crippen LogP contribution < -0.4 is 11.1 Å². The van der Waals surface area contributed by atoms with Crippen LogP contribution in [0.2, 0.25) is 0 Å². The van der Waals surface area contributed by atoms with Crippen molar-refractivity contribution in [2.45, 2.75) is 32.7 Å². The second-order valence-corrected chi connectivity index (χ2v) is 6.56. The molecule has 1 fully saturated rings. The summed E-state index contributed by atoms with van der Waals surface area (Å²) in [5.74, 6) is -0.517. The lowest BCUT2D eigenvalue weighted by Gasteiger charge is -2.20. The highest BCUT2D eigenvalue weighted by Gasteiger charge is 2.32. The second-order valence-electron chi connectivity index (χ2n) is 4.59. The van der Waals surface area contributed by atoms with E-state index >= 15 is 0 Å². The number of rotatable bonds is 8. The van der Waals surface area contributed by atoms with Gasteiger partial charge in [-0.15, -0.1) is 0 Å². The molecule has 0 aromatic carbocycles. The molecule has 6 nitrogen and oxygen atoms in total. The van der Waals surface area contributed by atoms with Crippen molar-refractivity contribution in [3.63, 3.8) is 0 Å². The molecule has 1 rings (SSSR count). The van der Waals surface area contributed by atoms with Crippen LogP contribution in [0.4, 0.5) is 0 Å². The number of carbonyl (C=O) groups excluding carboxylic acids is 1. The van der Waals surface area contributed by atoms with Gasteiger partial charge in [0.2, 0.25) is 15.9 Å². The average molecular weight is 277 g/mol. The van der Waals surface area contributed by atoms with Gasteiger partial charge in [0, 0.05) is 25.7 Å². The number of nitrogens with two attached hydrogens (primary N) is 1. The van der Waals surface area contributed by atoms with Crippen LogP contribution >= 0.6 is 0 Å². The van der Waals surface area contributed by atoms with Crippen LogP contribution in [0.15, 0.2) is 0 Å². The maximum Gasteiger partial charge on any atom is 0.236 e. The normalized spacial score (nSPS) is 17.8. The summed E-state index contributed by atoms with van der Waals surface area (Å²) in [5, 5.41) is 2.72. The molecule has 1 unspecified atom stereocenters. The summed E-state index contributed by atoms with van der Waals surface area (Å²) in [6.07, 6.45) is 2.12. The standard InChI is InChI=1S/C11H23N3O3S/c1-3-14(4-2)18(16,17)8-11(15)13-10(7-12)9-5-6-9/h9-10H,3-8,12H2,1-2H3,(H,13,15). The smallest absolute Gasteiger partial charge is 0.236 e. The van der Waals surface area contributed by atoms with Crippen molar-refractivity contribution in [3.8, 4) is 0 Å². The zero-order valence-corrected chi connectivity index (χ0v) is 11.9. The van der Waals surface area contributed by atoms with Gasteiger partial charge in [-0.2, -0.15) is 0 Å². The first-order valence-corrected chi connectivity index (χ1v) is 8.02. The van der Waals surface area contributed by atoms with Gasteiger partial charge in [0.1, 0.15) is 5.75 Å². The molecule has 1 aliphatic carbocycles. The van der Waals surface area contributed by atoms with Gasteiger partial charge in [0.25, 0.3) is 0 Å². The van der Waals surface area contributed by atoms with E-state index < -0.39 is 21.7 Å². The highest BCUT2D eigenvalue weighted by Crippen LogP contribution is 2.32. The van der Waals surface area contributed by atoms with E-state index in [1.165, 1.54) is 4.31 Å². The van der Waals surface area contributed by atoms with Gasteiger partial charge in [-0.1, -0.05) is 13.8 Å². The fourth-order valence-electron chi connectivity index (χ4n) is 1.99. The van der Waals surface area contributed by atoms with Crippen molar-refractivity contribution in [2.75, 3.05) is 25.4 Å². The Kier molecular flexibility index (Phi) is 5.55. The highest BCUT2D eigenvalue weighted by atomic mass is 32.2. The first kappa shape index (κ1) is 15.4. The van der Waals surface area contributed by atoms with Crippen molar-refractivity contribution in [1.82, 2.24) is 9.62 Å². The van der Waals surface area contributed by atoms with Crippen LogP contribution in [0.3, 0.4) is 0 Å². The molecule has 1 saturated carbocycles. The van der Waals surface area contributed by atoms with Gasteiger partial charge in [-0.3, -0.25) is 4.79 Å². The Morgan fingerprint density at radius 2 is 1.94 bits per heavy atom. The van der Waals surface area contributed by atoms with Crippen LogP contribution in [0.5, 0.6) is 0 Å². The molecule has 1 amide bonds. The van der Waals surface area contributed by atoms with Gasteiger partial charge in [-0.25, -0.2) is 12.7 Å². The lowest BCUT2D eigenvalue weighted by molar-refractivity contribution is -0.119. The van der Waals surface area contributed by atoms with Crippen molar-refractivity contribution >= 4 is 15.9 Å². The number of hydrogen-bond donors (Lipinski definition) is 2. The highest BCUT2D eigenvalue weighted by molar-refractivity contribution is 7.89. The molecule has 0 bridgehead atoms. The molecule has 0 spiro atoms. The number of hydrogen-bond acceptors (Lipinski definition) is 4. The summed E-state index contributed by atoms with van der Waals surface area (Å²) >= 11 is 0. The third-order valence-electron chi connectivity index (χ3n) is 3.20. The summed E-state index contributed by atoms with van der Waals surface area (Å²) in [6, 6.07) is -0.0793. The van der Waals surface area contributed by atoms with Crippen molar-refractivity contribution < 1.29 is 13.2 Å². The van der Waals surface area contributed by atoms with Gasteiger partial charge in [0.15, 0.2) is 0 Å². The minimum absolute atomic E-state index is 0.0793. The molecule has 1 atom stereocenters. The maximum atomic E-state index is 11.9. The topological polar surface area (TPSA) is 92.5 Å². The van der Waals surface area contributed by atoms with Gasteiger partial charge in [-0.05, 0) is 18.8 Å². The zero-order chi connectivity index (χ0) is 13.8. The molecule has 0 aromatic heterocycles. The minimum Gasteiger partial charge on any atom is -0.351 e. The Morgan fingerprint density at radius 3 is 2.33 bits per heavy atom. The Morgan fingerprint density at radius 1 is 1.39 bits per heavy atom. The number of sulfonamides is 1. The molecule has 18 heavy (non-hydrogen) atoms. The summed E-state index contributed by atoms with van der Waals surface area (Å²) in [7, 11) is -3.50. The van der Waals surface area contributed by atoms with Crippen molar-refractivity contribution in [3.05, 3.63) is 0 Å². The van der Waals surface area contributed by atoms with E-state index in [2.05, 4.69) is 5.32 Å². The van der Waals surface area contributed by atoms with Crippen molar-refractivity contribution in [2.24, 2.45) is 11.7 Å². The molecule has 0 aromatic rings. The predicted octanol–water partition coefficient (Wildman–Crippen LogP) is -0.488. The third kappa shape index (κ3) is 4.22. The van der Waals surface area contributed by atoms with Crippen LogP contribution in [-0.4, -0.2) is 50.1 Å². The van der Waals surface area contributed by atoms with E-state index in [-0.39, 0.29) is 6.04 Å². The lowest BCUT2D eigenvalue weighted by atomic mass is 10.2. The molecule has 0 radical (unpaired) electrons. The molecule has 0 heterocycles. The molecular formula is C11H23N3O3S. The summed E-state index contributed by atoms with van der Waals surface area (Å²) < 4.78 is 25.1. The SMILES string of the molecule is CCN(CC)S(=O)(=O)CC(=O)NC(CN)C1CC1. The van der Waals surface area contributed by atoms with E-state index in [1.54, 1.807) is 13.8 Å². The molecule has 0 saturated heterocycles. The minimum atomic E-state index is -3.50. The van der Waals surface area contributed by atoms with Crippen LogP contribution in [-0.2, 0) is 14.8 Å². The molecule has 7 heteroatoms. The molecule has 1 aliphatic rings. The molecule has 106 valence electrons. The van der Waals surface area contributed by atoms with E-state index in [0.29, 0.717) is 25.6 Å². The number of carbonyl (C=O) groups is 1. The number of amides is 1. The molecular weight excluding hydrogens is 254 g/mol. The predicted molar refractivity (Wildman–Crippen MR) is 70.4 cm³/mol. The van der Waals surface area contributed by atoms with Crippen LogP contribution in [0.25, 0.3) is 0 Å². The van der Waals surface area contributed by atoms with E-state index in [0.717, 1.165) is 12.8 Å². The van der Waals surface area contributed by atoms with Crippen LogP contribution in [0.1, 0.15) is 26.7 Å². The molecule has 3 N–H and O–H groups in total. The summed E-state index contributed by atoms with van der Waals surface area (Å²) in [5.41, 5.74) is 5.56. The largest absolute Gasteiger partial charge is 0.351 e. The van der Waals surface area contributed by atoms with Gasteiger partial charge >= 0.3 is 0 Å². The monoisotopic (exact) mass is 277 g/mol. The molecule has 0 aliphatic heterocycles. The number of nitrogens with one attached hydrogen (secondary N) is 1. The Labute approximate surface area is 109 Å².